The molecule has 0 aliphatic heterocycles. The number of nitrogens with one attached hydrogen (secondary N) is 1. The second kappa shape index (κ2) is 6.15. The Labute approximate surface area is 113 Å². The lowest BCUT2D eigenvalue weighted by Gasteiger charge is -2.26. The van der Waals surface area contributed by atoms with E-state index in [1.165, 1.54) is 18.2 Å². The molecule has 2 unspecified atom stereocenters. The first-order valence-corrected chi connectivity index (χ1v) is 6.86. The van der Waals surface area contributed by atoms with E-state index in [1.54, 1.807) is 6.92 Å². The number of amides is 1. The minimum atomic E-state index is -0.313. The van der Waals surface area contributed by atoms with E-state index in [0.717, 1.165) is 25.7 Å². The second-order valence-corrected chi connectivity index (χ2v) is 5.46. The molecular formula is C15H21FN2O. The van der Waals surface area contributed by atoms with Gasteiger partial charge in [0.2, 0.25) is 0 Å². The fourth-order valence-corrected chi connectivity index (χ4v) is 2.73. The Hall–Kier alpha value is -1.42. The van der Waals surface area contributed by atoms with Gasteiger partial charge in [-0.25, -0.2) is 4.39 Å². The summed E-state index contributed by atoms with van der Waals surface area (Å²) in [4.78, 5) is 12.0. The number of carbonyl (C=O) groups is 1. The van der Waals surface area contributed by atoms with E-state index in [4.69, 9.17) is 5.73 Å². The van der Waals surface area contributed by atoms with Gasteiger partial charge in [-0.05, 0) is 55.9 Å². The summed E-state index contributed by atoms with van der Waals surface area (Å²) in [6.45, 7) is 2.40. The topological polar surface area (TPSA) is 55.1 Å². The van der Waals surface area contributed by atoms with Crippen LogP contribution < -0.4 is 11.1 Å². The van der Waals surface area contributed by atoms with Crippen LogP contribution in [0.3, 0.4) is 0 Å². The van der Waals surface area contributed by atoms with E-state index >= 15 is 0 Å². The molecule has 19 heavy (non-hydrogen) atoms. The summed E-state index contributed by atoms with van der Waals surface area (Å²) in [6, 6.07) is 4.50. The predicted octanol–water partition coefficient (Wildman–Crippen LogP) is 2.38. The standard InChI is InChI=1S/C15H21FN2O/c1-10-7-12(16)5-6-14(10)15(19)18-9-11-3-2-4-13(17)8-11/h5-7,11,13H,2-4,8-9,17H2,1H3,(H,18,19). The van der Waals surface area contributed by atoms with Gasteiger partial charge in [0.05, 0.1) is 0 Å². The van der Waals surface area contributed by atoms with Crippen LogP contribution in [0.4, 0.5) is 4.39 Å². The Morgan fingerprint density at radius 2 is 2.26 bits per heavy atom. The quantitative estimate of drug-likeness (QED) is 0.880. The van der Waals surface area contributed by atoms with Crippen LogP contribution in [-0.2, 0) is 0 Å². The second-order valence-electron chi connectivity index (χ2n) is 5.46. The van der Waals surface area contributed by atoms with Gasteiger partial charge >= 0.3 is 0 Å². The van der Waals surface area contributed by atoms with Crippen molar-refractivity contribution in [1.29, 1.82) is 0 Å². The number of halogens is 1. The van der Waals surface area contributed by atoms with Crippen molar-refractivity contribution in [2.75, 3.05) is 6.54 Å². The molecule has 1 aliphatic rings. The lowest BCUT2D eigenvalue weighted by molar-refractivity contribution is 0.0942. The highest BCUT2D eigenvalue weighted by Gasteiger charge is 2.20. The molecule has 0 spiro atoms. The average molecular weight is 264 g/mol. The van der Waals surface area contributed by atoms with Crippen molar-refractivity contribution >= 4 is 5.91 Å². The van der Waals surface area contributed by atoms with Gasteiger partial charge in [0.15, 0.2) is 0 Å². The van der Waals surface area contributed by atoms with Crippen molar-refractivity contribution in [2.45, 2.75) is 38.6 Å². The molecule has 1 fully saturated rings. The monoisotopic (exact) mass is 264 g/mol. The third-order valence-corrected chi connectivity index (χ3v) is 3.81. The summed E-state index contributed by atoms with van der Waals surface area (Å²) in [6.07, 6.45) is 4.32. The molecule has 1 aromatic rings. The predicted molar refractivity (Wildman–Crippen MR) is 73.4 cm³/mol. The molecule has 1 aromatic carbocycles. The Bertz CT molecular complexity index is 461. The molecule has 1 amide bonds. The van der Waals surface area contributed by atoms with Gasteiger partial charge in [0.25, 0.3) is 5.91 Å². The third-order valence-electron chi connectivity index (χ3n) is 3.81. The van der Waals surface area contributed by atoms with Crippen molar-refractivity contribution in [3.05, 3.63) is 35.1 Å². The smallest absolute Gasteiger partial charge is 0.251 e. The molecule has 0 heterocycles. The van der Waals surface area contributed by atoms with E-state index in [-0.39, 0.29) is 17.8 Å². The highest BCUT2D eigenvalue weighted by atomic mass is 19.1. The van der Waals surface area contributed by atoms with Gasteiger partial charge in [-0.3, -0.25) is 4.79 Å². The van der Waals surface area contributed by atoms with Crippen molar-refractivity contribution < 1.29 is 9.18 Å². The zero-order valence-corrected chi connectivity index (χ0v) is 11.3. The van der Waals surface area contributed by atoms with Crippen LogP contribution in [0, 0.1) is 18.7 Å². The number of hydrogen-bond acceptors (Lipinski definition) is 2. The molecule has 2 atom stereocenters. The van der Waals surface area contributed by atoms with Gasteiger partial charge < -0.3 is 11.1 Å². The molecule has 0 saturated heterocycles. The molecule has 3 N–H and O–H groups in total. The van der Waals surface area contributed by atoms with Gasteiger partial charge in [-0.1, -0.05) is 6.42 Å². The number of hydrogen-bond donors (Lipinski definition) is 2. The fourth-order valence-electron chi connectivity index (χ4n) is 2.73. The Morgan fingerprint density at radius 3 is 2.95 bits per heavy atom. The summed E-state index contributed by atoms with van der Waals surface area (Å²) in [5.41, 5.74) is 7.14. The minimum absolute atomic E-state index is 0.128. The van der Waals surface area contributed by atoms with Crippen LogP contribution in [0.25, 0.3) is 0 Å². The lowest BCUT2D eigenvalue weighted by Crippen LogP contribution is -2.35. The van der Waals surface area contributed by atoms with E-state index in [2.05, 4.69) is 5.32 Å². The fraction of sp³-hybridized carbons (Fsp3) is 0.533. The molecule has 0 bridgehead atoms. The van der Waals surface area contributed by atoms with Crippen LogP contribution in [0.2, 0.25) is 0 Å². The first kappa shape index (κ1) is 14.0. The first-order chi connectivity index (χ1) is 9.06. The largest absolute Gasteiger partial charge is 0.352 e. The molecule has 1 saturated carbocycles. The molecule has 3 nitrogen and oxygen atoms in total. The third kappa shape index (κ3) is 3.77. The average Bonchev–Trinajstić information content (AvgIpc) is 2.36. The Kier molecular flexibility index (Phi) is 4.53. The summed E-state index contributed by atoms with van der Waals surface area (Å²) in [7, 11) is 0. The number of nitrogens with two attached hydrogens (primary N) is 1. The summed E-state index contributed by atoms with van der Waals surface area (Å²) >= 11 is 0. The van der Waals surface area contributed by atoms with Crippen LogP contribution in [-0.4, -0.2) is 18.5 Å². The minimum Gasteiger partial charge on any atom is -0.352 e. The first-order valence-electron chi connectivity index (χ1n) is 6.86. The summed E-state index contributed by atoms with van der Waals surface area (Å²) in [5, 5.41) is 2.93. The van der Waals surface area contributed by atoms with Crippen molar-refractivity contribution in [1.82, 2.24) is 5.32 Å². The van der Waals surface area contributed by atoms with E-state index in [0.29, 0.717) is 23.6 Å². The van der Waals surface area contributed by atoms with Gasteiger partial charge in [-0.15, -0.1) is 0 Å². The normalized spacial score (nSPS) is 23.1. The number of benzene rings is 1. The van der Waals surface area contributed by atoms with Gasteiger partial charge in [0, 0.05) is 18.2 Å². The van der Waals surface area contributed by atoms with Gasteiger partial charge in [0.1, 0.15) is 5.82 Å². The van der Waals surface area contributed by atoms with Crippen molar-refractivity contribution in [3.8, 4) is 0 Å². The van der Waals surface area contributed by atoms with Crippen molar-refractivity contribution in [3.63, 3.8) is 0 Å². The van der Waals surface area contributed by atoms with E-state index in [9.17, 15) is 9.18 Å². The highest BCUT2D eigenvalue weighted by molar-refractivity contribution is 5.95. The van der Waals surface area contributed by atoms with E-state index < -0.39 is 0 Å². The molecule has 0 aromatic heterocycles. The lowest BCUT2D eigenvalue weighted by atomic mass is 9.86. The highest BCUT2D eigenvalue weighted by Crippen LogP contribution is 2.22. The molecular weight excluding hydrogens is 243 g/mol. The molecule has 2 rings (SSSR count). The molecule has 4 heteroatoms. The molecule has 0 radical (unpaired) electrons. The Balaban J connectivity index is 1.90. The van der Waals surface area contributed by atoms with Crippen molar-refractivity contribution in [2.24, 2.45) is 11.7 Å². The summed E-state index contributed by atoms with van der Waals surface area (Å²) in [5.74, 6) is 0.0254. The summed E-state index contributed by atoms with van der Waals surface area (Å²) < 4.78 is 13.0. The van der Waals surface area contributed by atoms with Crippen LogP contribution in [0.5, 0.6) is 0 Å². The molecule has 104 valence electrons. The number of rotatable bonds is 3. The number of carbonyl (C=O) groups excluding carboxylic acids is 1. The zero-order valence-electron chi connectivity index (χ0n) is 11.3. The zero-order chi connectivity index (χ0) is 13.8. The number of aryl methyl sites for hydroxylation is 1. The Morgan fingerprint density at radius 1 is 1.47 bits per heavy atom. The van der Waals surface area contributed by atoms with Crippen LogP contribution >= 0.6 is 0 Å². The van der Waals surface area contributed by atoms with Gasteiger partial charge in [-0.2, -0.15) is 0 Å². The van der Waals surface area contributed by atoms with Crippen LogP contribution in [0.1, 0.15) is 41.6 Å². The van der Waals surface area contributed by atoms with E-state index in [1.807, 2.05) is 0 Å². The maximum Gasteiger partial charge on any atom is 0.251 e. The SMILES string of the molecule is Cc1cc(F)ccc1C(=O)NCC1CCCC(N)C1. The maximum absolute atomic E-state index is 13.0. The van der Waals surface area contributed by atoms with Crippen LogP contribution in [0.15, 0.2) is 18.2 Å². The maximum atomic E-state index is 13.0. The molecule has 1 aliphatic carbocycles.